The Hall–Kier alpha value is -4.82. The van der Waals surface area contributed by atoms with Crippen molar-refractivity contribution in [2.75, 3.05) is 9.34 Å². The van der Waals surface area contributed by atoms with Gasteiger partial charge in [-0.05, 0) is 68.5 Å². The average Bonchev–Trinajstić information content (AvgIpc) is 3.30. The molecule has 0 saturated carbocycles. The first-order valence-electron chi connectivity index (χ1n) is 14.3. The maximum absolute atomic E-state index is 15.3. The van der Waals surface area contributed by atoms with Crippen LogP contribution in [0.5, 0.6) is 0 Å². The van der Waals surface area contributed by atoms with E-state index in [9.17, 15) is 0 Å². The molecule has 0 spiro atoms. The second-order valence-electron chi connectivity index (χ2n) is 10.7. The number of hydrogen-bond donors (Lipinski definition) is 0. The van der Waals surface area contributed by atoms with Crippen molar-refractivity contribution in [3.63, 3.8) is 0 Å². The van der Waals surface area contributed by atoms with E-state index >= 15 is 4.57 Å². The fraction of sp³-hybridized carbons (Fsp3) is 0. The summed E-state index contributed by atoms with van der Waals surface area (Å²) in [5.41, 5.74) is 7.57. The predicted molar refractivity (Wildman–Crippen MR) is 183 cm³/mol. The van der Waals surface area contributed by atoms with E-state index in [1.54, 1.807) is 0 Å². The zero-order chi connectivity index (χ0) is 29.0. The maximum Gasteiger partial charge on any atom is 0.361 e. The second-order valence-corrected chi connectivity index (χ2v) is 13.7. The van der Waals surface area contributed by atoms with Crippen LogP contribution in [0.1, 0.15) is 0 Å². The van der Waals surface area contributed by atoms with Crippen LogP contribution in [-0.2, 0) is 4.57 Å². The molecule has 0 radical (unpaired) electrons. The molecule has 0 bridgehead atoms. The molecule has 0 saturated heterocycles. The molecule has 0 aromatic heterocycles. The molecule has 7 aromatic carbocycles. The van der Waals surface area contributed by atoms with E-state index in [0.29, 0.717) is 0 Å². The molecule has 43 heavy (non-hydrogen) atoms. The topological polar surface area (TPSA) is 23.6 Å². The van der Waals surface area contributed by atoms with Crippen molar-refractivity contribution >= 4 is 62.3 Å². The predicted octanol–water partition coefficient (Wildman–Crippen LogP) is 12.0. The van der Waals surface area contributed by atoms with Crippen LogP contribution < -0.4 is 9.34 Å². The van der Waals surface area contributed by atoms with Crippen LogP contribution in [0, 0.1) is 0 Å². The minimum atomic E-state index is -3.78. The number of rotatable bonds is 4. The van der Waals surface area contributed by atoms with Gasteiger partial charge in [0.25, 0.3) is 0 Å². The molecule has 0 atom stereocenters. The van der Waals surface area contributed by atoms with Gasteiger partial charge in [-0.2, -0.15) is 0 Å². The van der Waals surface area contributed by atoms with Crippen molar-refractivity contribution in [1.29, 1.82) is 0 Å². The quantitative estimate of drug-likeness (QED) is 0.190. The van der Waals surface area contributed by atoms with E-state index in [4.69, 9.17) is 11.2 Å². The Balaban J connectivity index is 1.40. The molecule has 1 heterocycles. The first-order valence-corrected chi connectivity index (χ1v) is 16.8. The smallest absolute Gasteiger partial charge is 0.261 e. The number of nitrogens with zero attached hydrogens (tertiary/aromatic N) is 2. The van der Waals surface area contributed by atoms with Crippen LogP contribution in [0.3, 0.4) is 0 Å². The van der Waals surface area contributed by atoms with Crippen LogP contribution in [-0.4, -0.2) is 0 Å². The van der Waals surface area contributed by atoms with E-state index in [0.717, 1.165) is 66.5 Å². The van der Waals surface area contributed by atoms with Crippen molar-refractivity contribution in [3.05, 3.63) is 158 Å². The van der Waals surface area contributed by atoms with Crippen LogP contribution in [0.2, 0.25) is 0 Å². The number of anilines is 4. The van der Waals surface area contributed by atoms with Crippen molar-refractivity contribution in [2.24, 2.45) is 0 Å². The summed E-state index contributed by atoms with van der Waals surface area (Å²) in [6.07, 6.45) is 0. The molecule has 7 aromatic rings. The zero-order valence-corrected chi connectivity index (χ0v) is 24.8. The molecular formula is C38H26ClN2OP. The lowest BCUT2D eigenvalue weighted by Crippen LogP contribution is -2.14. The highest BCUT2D eigenvalue weighted by atomic mass is 35.7. The van der Waals surface area contributed by atoms with Gasteiger partial charge < -0.3 is 0 Å². The minimum absolute atomic E-state index is 0.811. The summed E-state index contributed by atoms with van der Waals surface area (Å²) < 4.78 is 19.1. The molecule has 8 rings (SSSR count). The molecule has 1 aliphatic heterocycles. The Morgan fingerprint density at radius 1 is 0.395 bits per heavy atom. The third-order valence-corrected chi connectivity index (χ3v) is 11.0. The highest BCUT2D eigenvalue weighted by Crippen LogP contribution is 2.74. The average molecular weight is 593 g/mol. The fourth-order valence-electron chi connectivity index (χ4n) is 6.41. The third kappa shape index (κ3) is 4.08. The van der Waals surface area contributed by atoms with Crippen LogP contribution in [0.15, 0.2) is 158 Å². The molecule has 0 N–H and O–H groups in total. The first-order chi connectivity index (χ1) is 21.1. The summed E-state index contributed by atoms with van der Waals surface area (Å²) in [5.74, 6) is 0. The highest BCUT2D eigenvalue weighted by Gasteiger charge is 2.47. The lowest BCUT2D eigenvalue weighted by atomic mass is 9.96. The summed E-state index contributed by atoms with van der Waals surface area (Å²) in [6, 6.07) is 53.5. The molecule has 1 aliphatic rings. The summed E-state index contributed by atoms with van der Waals surface area (Å²) in [7, 11) is 0. The van der Waals surface area contributed by atoms with E-state index < -0.39 is 6.80 Å². The van der Waals surface area contributed by atoms with Crippen LogP contribution >= 0.6 is 18.0 Å². The summed E-state index contributed by atoms with van der Waals surface area (Å²) in [5, 5.41) is 4.14. The molecule has 0 aliphatic carbocycles. The third-order valence-electron chi connectivity index (χ3n) is 8.22. The Morgan fingerprint density at radius 2 is 0.744 bits per heavy atom. The van der Waals surface area contributed by atoms with Gasteiger partial charge in [0.2, 0.25) is 0 Å². The number of para-hydroxylation sites is 2. The van der Waals surface area contributed by atoms with Gasteiger partial charge in [0.15, 0.2) is 0 Å². The van der Waals surface area contributed by atoms with E-state index in [1.807, 2.05) is 94.3 Å². The monoisotopic (exact) mass is 592 g/mol. The molecule has 0 unspecified atom stereocenters. The summed E-state index contributed by atoms with van der Waals surface area (Å²) in [6.45, 7) is -3.78. The van der Waals surface area contributed by atoms with Gasteiger partial charge >= 0.3 is 6.80 Å². The summed E-state index contributed by atoms with van der Waals surface area (Å²) >= 11 is 7.44. The fourth-order valence-corrected chi connectivity index (χ4v) is 9.31. The Labute approximate surface area is 255 Å². The second kappa shape index (κ2) is 10.2. The van der Waals surface area contributed by atoms with E-state index in [-0.39, 0.29) is 0 Å². The molecule has 0 fully saturated rings. The largest absolute Gasteiger partial charge is 0.361 e. The Kier molecular flexibility index (Phi) is 6.11. The van der Waals surface area contributed by atoms with Gasteiger partial charge in [0.05, 0.1) is 22.7 Å². The van der Waals surface area contributed by atoms with Crippen LogP contribution in [0.4, 0.5) is 22.7 Å². The number of fused-ring (bicyclic) bond motifs is 3. The minimum Gasteiger partial charge on any atom is -0.261 e. The van der Waals surface area contributed by atoms with E-state index in [2.05, 4.69) is 72.8 Å². The van der Waals surface area contributed by atoms with Crippen LogP contribution in [0.25, 0.3) is 43.8 Å². The van der Waals surface area contributed by atoms with Gasteiger partial charge in [-0.25, -0.2) is 0 Å². The number of hydrogen-bond acceptors (Lipinski definition) is 1. The van der Waals surface area contributed by atoms with Crippen molar-refractivity contribution in [3.8, 4) is 22.3 Å². The molecule has 3 nitrogen and oxygen atoms in total. The van der Waals surface area contributed by atoms with Crippen molar-refractivity contribution in [1.82, 2.24) is 0 Å². The van der Waals surface area contributed by atoms with Crippen molar-refractivity contribution < 1.29 is 4.57 Å². The number of halogens is 1. The lowest BCUT2D eigenvalue weighted by molar-refractivity contribution is 0.585. The van der Waals surface area contributed by atoms with Gasteiger partial charge in [-0.1, -0.05) is 133 Å². The van der Waals surface area contributed by atoms with Gasteiger partial charge in [-0.15, -0.1) is 0 Å². The van der Waals surface area contributed by atoms with Gasteiger partial charge in [0.1, 0.15) is 0 Å². The zero-order valence-electron chi connectivity index (χ0n) is 23.1. The Bertz CT molecular complexity index is 2040. The molecule has 5 heteroatoms. The van der Waals surface area contributed by atoms with Gasteiger partial charge in [0, 0.05) is 10.8 Å². The highest BCUT2D eigenvalue weighted by molar-refractivity contribution is 7.92. The van der Waals surface area contributed by atoms with Crippen molar-refractivity contribution in [2.45, 2.75) is 0 Å². The normalized spacial score (nSPS) is 13.9. The SMILES string of the molecule is O=P1(Cl)N(c2cccc3cccc(-c4ccccc4)c23)c2ccccc2N1c1cccc2cccc(-c3ccccc3)c12. The Morgan fingerprint density at radius 3 is 1.16 bits per heavy atom. The standard InChI is InChI=1S/C38H26ClN2OP/c39-43(42)40(35-25-11-19-29-17-9-21-31(37(29)35)27-13-3-1-4-14-27)33-23-7-8-24-34(33)41(43)36-26-12-20-30-18-10-22-32(38(30)36)28-15-5-2-6-16-28/h1-26H. The summed E-state index contributed by atoms with van der Waals surface area (Å²) in [4.78, 5) is 0. The first kappa shape index (κ1) is 25.9. The maximum atomic E-state index is 15.3. The lowest BCUT2D eigenvalue weighted by Gasteiger charge is -2.30. The number of benzene rings is 7. The molecular weight excluding hydrogens is 567 g/mol. The van der Waals surface area contributed by atoms with E-state index in [1.165, 1.54) is 0 Å². The molecule has 0 amide bonds. The van der Waals surface area contributed by atoms with Gasteiger partial charge in [-0.3, -0.25) is 13.9 Å². The molecule has 206 valence electrons.